The van der Waals surface area contributed by atoms with Crippen molar-refractivity contribution < 1.29 is 13.2 Å². The number of rotatable bonds is 4. The van der Waals surface area contributed by atoms with Gasteiger partial charge in [-0.2, -0.15) is 0 Å². The minimum atomic E-state index is -0.905. The minimum absolute atomic E-state index is 0.127. The number of hydrazine groups is 1. The van der Waals surface area contributed by atoms with Gasteiger partial charge in [0.2, 0.25) is 0 Å². The van der Waals surface area contributed by atoms with E-state index in [2.05, 4.69) is 5.43 Å². The van der Waals surface area contributed by atoms with Crippen LogP contribution in [-0.4, -0.2) is 0 Å². The van der Waals surface area contributed by atoms with Crippen molar-refractivity contribution in [2.24, 2.45) is 5.84 Å². The largest absolute Gasteiger partial charge is 0.464 e. The Morgan fingerprint density at radius 1 is 1.21 bits per heavy atom. The van der Waals surface area contributed by atoms with Crippen LogP contribution in [0.25, 0.3) is 0 Å². The Morgan fingerprint density at radius 3 is 2.53 bits per heavy atom. The molecule has 19 heavy (non-hydrogen) atoms. The number of aryl methyl sites for hydroxylation is 2. The summed E-state index contributed by atoms with van der Waals surface area (Å²) < 4.78 is 33.1. The number of nitrogens with two attached hydrogens (primary N) is 1. The van der Waals surface area contributed by atoms with E-state index in [9.17, 15) is 8.78 Å². The molecule has 0 aliphatic rings. The van der Waals surface area contributed by atoms with Gasteiger partial charge in [-0.25, -0.2) is 14.2 Å². The standard InChI is InChI=1S/C14H16F2N2O/c1-3-9-5-7-11(19-9)14(18-17)10-6-4-8(2)12(15)13(10)16/h4-7,14,18H,3,17H2,1-2H3. The molecule has 1 atom stereocenters. The van der Waals surface area contributed by atoms with Crippen LogP contribution in [0.3, 0.4) is 0 Å². The van der Waals surface area contributed by atoms with Gasteiger partial charge in [0, 0.05) is 12.0 Å². The van der Waals surface area contributed by atoms with Gasteiger partial charge in [-0.1, -0.05) is 19.1 Å². The summed E-state index contributed by atoms with van der Waals surface area (Å²) in [6.45, 7) is 3.45. The Morgan fingerprint density at radius 2 is 1.95 bits per heavy atom. The van der Waals surface area contributed by atoms with E-state index in [0.29, 0.717) is 5.76 Å². The number of halogens is 2. The SMILES string of the molecule is CCc1ccc(C(NN)c2ccc(C)c(F)c2F)o1. The Labute approximate surface area is 110 Å². The second-order valence-electron chi connectivity index (χ2n) is 4.36. The molecule has 0 saturated heterocycles. The van der Waals surface area contributed by atoms with Crippen molar-refractivity contribution in [2.75, 3.05) is 0 Å². The summed E-state index contributed by atoms with van der Waals surface area (Å²) in [5, 5.41) is 0. The van der Waals surface area contributed by atoms with E-state index >= 15 is 0 Å². The molecule has 0 radical (unpaired) electrons. The molecule has 102 valence electrons. The Kier molecular flexibility index (Phi) is 3.97. The average molecular weight is 266 g/mol. The molecule has 2 rings (SSSR count). The number of benzene rings is 1. The fourth-order valence-corrected chi connectivity index (χ4v) is 1.95. The quantitative estimate of drug-likeness (QED) is 0.660. The monoisotopic (exact) mass is 266 g/mol. The minimum Gasteiger partial charge on any atom is -0.464 e. The fourth-order valence-electron chi connectivity index (χ4n) is 1.95. The van der Waals surface area contributed by atoms with Crippen LogP contribution in [0, 0.1) is 18.6 Å². The molecule has 0 bridgehead atoms. The first-order valence-electron chi connectivity index (χ1n) is 6.07. The molecule has 0 spiro atoms. The highest BCUT2D eigenvalue weighted by Gasteiger charge is 2.22. The summed E-state index contributed by atoms with van der Waals surface area (Å²) in [7, 11) is 0. The summed E-state index contributed by atoms with van der Waals surface area (Å²) in [5.41, 5.74) is 2.84. The molecule has 3 N–H and O–H groups in total. The van der Waals surface area contributed by atoms with E-state index in [-0.39, 0.29) is 11.1 Å². The molecule has 1 unspecified atom stereocenters. The first kappa shape index (κ1) is 13.7. The van der Waals surface area contributed by atoms with Crippen molar-refractivity contribution in [3.05, 3.63) is 58.5 Å². The van der Waals surface area contributed by atoms with E-state index in [0.717, 1.165) is 12.2 Å². The van der Waals surface area contributed by atoms with Crippen molar-refractivity contribution in [1.82, 2.24) is 5.43 Å². The summed E-state index contributed by atoms with van der Waals surface area (Å²) in [4.78, 5) is 0. The van der Waals surface area contributed by atoms with E-state index in [4.69, 9.17) is 10.3 Å². The van der Waals surface area contributed by atoms with Gasteiger partial charge in [0.05, 0.1) is 0 Å². The molecular weight excluding hydrogens is 250 g/mol. The maximum atomic E-state index is 14.0. The van der Waals surface area contributed by atoms with Gasteiger partial charge in [-0.15, -0.1) is 0 Å². The zero-order valence-corrected chi connectivity index (χ0v) is 10.8. The van der Waals surface area contributed by atoms with Crippen LogP contribution in [0.5, 0.6) is 0 Å². The lowest BCUT2D eigenvalue weighted by Crippen LogP contribution is -2.29. The molecule has 0 aliphatic carbocycles. The molecule has 3 nitrogen and oxygen atoms in total. The van der Waals surface area contributed by atoms with Crippen molar-refractivity contribution in [1.29, 1.82) is 0 Å². The van der Waals surface area contributed by atoms with Gasteiger partial charge in [0.1, 0.15) is 17.6 Å². The Bertz CT molecular complexity index is 581. The molecule has 5 heteroatoms. The number of hydrogen-bond acceptors (Lipinski definition) is 3. The zero-order valence-electron chi connectivity index (χ0n) is 10.8. The highest BCUT2D eigenvalue weighted by atomic mass is 19.2. The molecular formula is C14H16F2N2O. The average Bonchev–Trinajstić information content (AvgIpc) is 2.88. The molecule has 0 fully saturated rings. The van der Waals surface area contributed by atoms with Crippen LogP contribution in [0.2, 0.25) is 0 Å². The smallest absolute Gasteiger partial charge is 0.164 e. The summed E-state index contributed by atoms with van der Waals surface area (Å²) in [5.74, 6) is 4.91. The highest BCUT2D eigenvalue weighted by molar-refractivity contribution is 5.32. The second kappa shape index (κ2) is 5.50. The maximum Gasteiger partial charge on any atom is 0.164 e. The van der Waals surface area contributed by atoms with Crippen LogP contribution in [0.4, 0.5) is 8.78 Å². The molecule has 2 aromatic rings. The second-order valence-corrected chi connectivity index (χ2v) is 4.36. The van der Waals surface area contributed by atoms with Gasteiger partial charge in [-0.3, -0.25) is 5.84 Å². The fraction of sp³-hybridized carbons (Fsp3) is 0.286. The number of furan rings is 1. The molecule has 0 amide bonds. The van der Waals surface area contributed by atoms with Crippen molar-refractivity contribution >= 4 is 0 Å². The zero-order chi connectivity index (χ0) is 14.0. The lowest BCUT2D eigenvalue weighted by Gasteiger charge is -2.15. The van der Waals surface area contributed by atoms with Crippen molar-refractivity contribution in [3.63, 3.8) is 0 Å². The van der Waals surface area contributed by atoms with E-state index < -0.39 is 17.7 Å². The molecule has 0 saturated carbocycles. The molecule has 1 aromatic carbocycles. The van der Waals surface area contributed by atoms with Crippen LogP contribution < -0.4 is 11.3 Å². The summed E-state index contributed by atoms with van der Waals surface area (Å²) >= 11 is 0. The van der Waals surface area contributed by atoms with E-state index in [1.807, 2.05) is 6.92 Å². The molecule has 1 aromatic heterocycles. The number of hydrogen-bond donors (Lipinski definition) is 2. The predicted octanol–water partition coefficient (Wildman–Crippen LogP) is 2.98. The normalized spacial score (nSPS) is 12.7. The van der Waals surface area contributed by atoms with Crippen LogP contribution >= 0.6 is 0 Å². The third-order valence-electron chi connectivity index (χ3n) is 3.10. The van der Waals surface area contributed by atoms with Crippen LogP contribution in [0.15, 0.2) is 28.7 Å². The highest BCUT2D eigenvalue weighted by Crippen LogP contribution is 2.27. The molecule has 0 aliphatic heterocycles. The summed E-state index contributed by atoms with van der Waals surface area (Å²) in [6, 6.07) is 5.81. The van der Waals surface area contributed by atoms with Crippen LogP contribution in [0.1, 0.15) is 35.6 Å². The van der Waals surface area contributed by atoms with E-state index in [1.165, 1.54) is 19.1 Å². The summed E-state index contributed by atoms with van der Waals surface area (Å²) in [6.07, 6.45) is 0.724. The van der Waals surface area contributed by atoms with Gasteiger partial charge >= 0.3 is 0 Å². The number of nitrogens with one attached hydrogen (secondary N) is 1. The van der Waals surface area contributed by atoms with Gasteiger partial charge < -0.3 is 4.42 Å². The van der Waals surface area contributed by atoms with Gasteiger partial charge in [0.15, 0.2) is 11.6 Å². The topological polar surface area (TPSA) is 51.2 Å². The lowest BCUT2D eigenvalue weighted by atomic mass is 10.0. The molecule has 1 heterocycles. The van der Waals surface area contributed by atoms with Crippen molar-refractivity contribution in [3.8, 4) is 0 Å². The Balaban J connectivity index is 2.45. The maximum absolute atomic E-state index is 14.0. The van der Waals surface area contributed by atoms with Gasteiger partial charge in [0.25, 0.3) is 0 Å². The first-order chi connectivity index (χ1) is 9.08. The first-order valence-corrected chi connectivity index (χ1v) is 6.07. The van der Waals surface area contributed by atoms with Gasteiger partial charge in [-0.05, 0) is 24.6 Å². The third kappa shape index (κ3) is 2.52. The lowest BCUT2D eigenvalue weighted by molar-refractivity contribution is 0.410. The Hall–Kier alpha value is -1.72. The van der Waals surface area contributed by atoms with Crippen LogP contribution in [-0.2, 0) is 6.42 Å². The van der Waals surface area contributed by atoms with Crippen molar-refractivity contribution in [2.45, 2.75) is 26.3 Å². The van der Waals surface area contributed by atoms with E-state index in [1.54, 1.807) is 12.1 Å². The predicted molar refractivity (Wildman–Crippen MR) is 68.3 cm³/mol. The third-order valence-corrected chi connectivity index (χ3v) is 3.10.